The molecule has 3 aromatic rings. The highest BCUT2D eigenvalue weighted by Gasteiger charge is 2.13. The van der Waals surface area contributed by atoms with Gasteiger partial charge in [-0.25, -0.2) is 5.43 Å². The minimum absolute atomic E-state index is 0.104. The van der Waals surface area contributed by atoms with Crippen molar-refractivity contribution in [2.24, 2.45) is 5.10 Å². The standard InChI is InChI=1S/C21H21N3O2/c25-21(15-24-9-11-26-12-10-24)23-22-14-20-18-7-3-1-5-16(18)13-17-6-2-4-8-19(17)20/h1-8,13-14H,9-12,15H2,(H,23,25). The molecule has 1 heterocycles. The van der Waals surface area contributed by atoms with Crippen molar-refractivity contribution in [2.45, 2.75) is 0 Å². The number of rotatable bonds is 4. The van der Waals surface area contributed by atoms with Gasteiger partial charge in [-0.1, -0.05) is 48.5 Å². The first kappa shape index (κ1) is 16.7. The van der Waals surface area contributed by atoms with Crippen LogP contribution < -0.4 is 5.43 Å². The third-order valence-corrected chi connectivity index (χ3v) is 4.67. The molecule has 1 aliphatic rings. The van der Waals surface area contributed by atoms with Crippen LogP contribution in [0.25, 0.3) is 21.5 Å². The highest BCUT2D eigenvalue weighted by atomic mass is 16.5. The summed E-state index contributed by atoms with van der Waals surface area (Å²) in [5.41, 5.74) is 3.67. The number of hydrogen-bond acceptors (Lipinski definition) is 4. The van der Waals surface area contributed by atoms with E-state index in [4.69, 9.17) is 4.74 Å². The normalized spacial score (nSPS) is 15.7. The molecule has 0 radical (unpaired) electrons. The summed E-state index contributed by atoms with van der Waals surface area (Å²) in [4.78, 5) is 14.2. The van der Waals surface area contributed by atoms with Crippen LogP contribution in [0.2, 0.25) is 0 Å². The lowest BCUT2D eigenvalue weighted by Gasteiger charge is -2.25. The van der Waals surface area contributed by atoms with Crippen LogP contribution in [0.3, 0.4) is 0 Å². The van der Waals surface area contributed by atoms with E-state index in [9.17, 15) is 4.79 Å². The molecule has 0 aromatic heterocycles. The number of carbonyl (C=O) groups excluding carboxylic acids is 1. The van der Waals surface area contributed by atoms with Gasteiger partial charge in [-0.2, -0.15) is 5.10 Å². The Morgan fingerprint density at radius 2 is 1.65 bits per heavy atom. The number of ether oxygens (including phenoxy) is 1. The fourth-order valence-electron chi connectivity index (χ4n) is 3.35. The van der Waals surface area contributed by atoms with E-state index in [0.29, 0.717) is 19.8 Å². The van der Waals surface area contributed by atoms with Crippen LogP contribution in [0.4, 0.5) is 0 Å². The SMILES string of the molecule is O=C(CN1CCOCC1)NN=Cc1c2ccccc2cc2ccccc12. The van der Waals surface area contributed by atoms with Gasteiger partial charge in [0.15, 0.2) is 0 Å². The Kier molecular flexibility index (Phi) is 4.91. The van der Waals surface area contributed by atoms with E-state index < -0.39 is 0 Å². The molecule has 0 spiro atoms. The summed E-state index contributed by atoms with van der Waals surface area (Å²) < 4.78 is 5.30. The Morgan fingerprint density at radius 1 is 1.04 bits per heavy atom. The molecule has 0 aliphatic carbocycles. The number of nitrogens with one attached hydrogen (secondary N) is 1. The van der Waals surface area contributed by atoms with Crippen molar-refractivity contribution in [2.75, 3.05) is 32.8 Å². The monoisotopic (exact) mass is 347 g/mol. The number of nitrogens with zero attached hydrogens (tertiary/aromatic N) is 2. The second kappa shape index (κ2) is 7.64. The van der Waals surface area contributed by atoms with E-state index in [1.165, 1.54) is 0 Å². The van der Waals surface area contributed by atoms with Gasteiger partial charge in [-0.15, -0.1) is 0 Å². The molecule has 4 rings (SSSR count). The smallest absolute Gasteiger partial charge is 0.254 e. The van der Waals surface area contributed by atoms with Gasteiger partial charge in [0, 0.05) is 18.7 Å². The lowest BCUT2D eigenvalue weighted by Crippen LogP contribution is -2.42. The molecule has 3 aromatic carbocycles. The molecule has 26 heavy (non-hydrogen) atoms. The van der Waals surface area contributed by atoms with Gasteiger partial charge in [-0.3, -0.25) is 9.69 Å². The Bertz CT molecular complexity index is 908. The predicted molar refractivity (Wildman–Crippen MR) is 104 cm³/mol. The largest absolute Gasteiger partial charge is 0.379 e. The minimum Gasteiger partial charge on any atom is -0.379 e. The zero-order chi connectivity index (χ0) is 17.8. The van der Waals surface area contributed by atoms with E-state index >= 15 is 0 Å². The van der Waals surface area contributed by atoms with E-state index in [1.807, 2.05) is 24.3 Å². The molecule has 1 aliphatic heterocycles. The van der Waals surface area contributed by atoms with Crippen LogP contribution in [-0.4, -0.2) is 49.9 Å². The third-order valence-electron chi connectivity index (χ3n) is 4.67. The molecule has 1 fully saturated rings. The Morgan fingerprint density at radius 3 is 2.31 bits per heavy atom. The maximum absolute atomic E-state index is 12.1. The van der Waals surface area contributed by atoms with Gasteiger partial charge in [0.25, 0.3) is 5.91 Å². The van der Waals surface area contributed by atoms with Crippen molar-refractivity contribution in [3.63, 3.8) is 0 Å². The second-order valence-corrected chi connectivity index (χ2v) is 6.41. The number of carbonyl (C=O) groups is 1. The maximum atomic E-state index is 12.1. The quantitative estimate of drug-likeness (QED) is 0.449. The summed E-state index contributed by atoms with van der Waals surface area (Å²) in [6, 6.07) is 18.6. The number of benzene rings is 3. The molecule has 1 N–H and O–H groups in total. The van der Waals surface area contributed by atoms with Crippen LogP contribution >= 0.6 is 0 Å². The summed E-state index contributed by atoms with van der Waals surface area (Å²) in [5, 5.41) is 8.79. The molecular formula is C21H21N3O2. The van der Waals surface area contributed by atoms with Crippen LogP contribution in [-0.2, 0) is 9.53 Å². The molecule has 0 bridgehead atoms. The summed E-state index contributed by atoms with van der Waals surface area (Å²) in [5.74, 6) is -0.104. The number of hydrogen-bond donors (Lipinski definition) is 1. The lowest BCUT2D eigenvalue weighted by molar-refractivity contribution is -0.123. The number of morpholine rings is 1. The topological polar surface area (TPSA) is 53.9 Å². The fourth-order valence-corrected chi connectivity index (χ4v) is 3.35. The molecule has 1 saturated heterocycles. The van der Waals surface area contributed by atoms with Gasteiger partial charge >= 0.3 is 0 Å². The molecule has 5 nitrogen and oxygen atoms in total. The second-order valence-electron chi connectivity index (χ2n) is 6.41. The Balaban J connectivity index is 1.57. The predicted octanol–water partition coefficient (Wildman–Crippen LogP) is 2.78. The van der Waals surface area contributed by atoms with Gasteiger partial charge < -0.3 is 4.74 Å². The number of amides is 1. The molecule has 0 unspecified atom stereocenters. The Labute approximate surface area is 152 Å². The van der Waals surface area contributed by atoms with E-state index in [0.717, 1.165) is 40.2 Å². The average molecular weight is 347 g/mol. The summed E-state index contributed by atoms with van der Waals surface area (Å²) in [6.07, 6.45) is 1.75. The van der Waals surface area contributed by atoms with Gasteiger partial charge in [0.2, 0.25) is 0 Å². The van der Waals surface area contributed by atoms with Crippen molar-refractivity contribution in [1.29, 1.82) is 0 Å². The van der Waals surface area contributed by atoms with E-state index in [-0.39, 0.29) is 5.91 Å². The van der Waals surface area contributed by atoms with Crippen molar-refractivity contribution < 1.29 is 9.53 Å². The summed E-state index contributed by atoms with van der Waals surface area (Å²) in [7, 11) is 0. The summed E-state index contributed by atoms with van der Waals surface area (Å²) in [6.45, 7) is 3.27. The maximum Gasteiger partial charge on any atom is 0.254 e. The van der Waals surface area contributed by atoms with E-state index in [2.05, 4.69) is 45.8 Å². The molecule has 0 atom stereocenters. The highest BCUT2D eigenvalue weighted by molar-refractivity contribution is 6.13. The van der Waals surface area contributed by atoms with E-state index in [1.54, 1.807) is 6.21 Å². The van der Waals surface area contributed by atoms with Gasteiger partial charge in [0.1, 0.15) is 0 Å². The molecule has 1 amide bonds. The van der Waals surface area contributed by atoms with Crippen LogP contribution in [0.1, 0.15) is 5.56 Å². The van der Waals surface area contributed by atoms with Gasteiger partial charge in [-0.05, 0) is 27.6 Å². The molecule has 0 saturated carbocycles. The molecular weight excluding hydrogens is 326 g/mol. The van der Waals surface area contributed by atoms with Gasteiger partial charge in [0.05, 0.1) is 26.0 Å². The average Bonchev–Trinajstić information content (AvgIpc) is 2.68. The zero-order valence-corrected chi connectivity index (χ0v) is 14.5. The Hall–Kier alpha value is -2.76. The molecule has 132 valence electrons. The van der Waals surface area contributed by atoms with Crippen molar-refractivity contribution >= 4 is 33.7 Å². The number of fused-ring (bicyclic) bond motifs is 2. The first-order valence-electron chi connectivity index (χ1n) is 8.84. The molecule has 5 heteroatoms. The van der Waals surface area contributed by atoms with Crippen molar-refractivity contribution in [3.05, 3.63) is 60.2 Å². The van der Waals surface area contributed by atoms with Crippen molar-refractivity contribution in [3.8, 4) is 0 Å². The number of hydrazone groups is 1. The third kappa shape index (κ3) is 3.59. The minimum atomic E-state index is -0.104. The summed E-state index contributed by atoms with van der Waals surface area (Å²) >= 11 is 0. The van der Waals surface area contributed by atoms with Crippen molar-refractivity contribution in [1.82, 2.24) is 10.3 Å². The zero-order valence-electron chi connectivity index (χ0n) is 14.5. The van der Waals surface area contributed by atoms with Crippen LogP contribution in [0, 0.1) is 0 Å². The van der Waals surface area contributed by atoms with Crippen LogP contribution in [0.15, 0.2) is 59.7 Å². The first-order chi connectivity index (χ1) is 12.8. The fraction of sp³-hybridized carbons (Fsp3) is 0.238. The van der Waals surface area contributed by atoms with Crippen LogP contribution in [0.5, 0.6) is 0 Å². The highest BCUT2D eigenvalue weighted by Crippen LogP contribution is 2.27. The first-order valence-corrected chi connectivity index (χ1v) is 8.84. The lowest BCUT2D eigenvalue weighted by atomic mass is 9.97.